The maximum Gasteiger partial charge on any atom is 0.0524 e. The number of allylic oxidation sites excluding steroid dienone is 1. The molecule has 0 amide bonds. The number of nitrogens with one attached hydrogen (secondary N) is 1. The van der Waals surface area contributed by atoms with Gasteiger partial charge in [-0.3, -0.25) is 4.68 Å². The van der Waals surface area contributed by atoms with Gasteiger partial charge >= 0.3 is 0 Å². The molecule has 0 atom stereocenters. The van der Waals surface area contributed by atoms with Crippen molar-refractivity contribution < 1.29 is 0 Å². The van der Waals surface area contributed by atoms with Crippen LogP contribution in [0.5, 0.6) is 0 Å². The molecule has 12 heavy (non-hydrogen) atoms. The van der Waals surface area contributed by atoms with Gasteiger partial charge in [0.2, 0.25) is 0 Å². The van der Waals surface area contributed by atoms with Crippen molar-refractivity contribution in [2.75, 3.05) is 13.1 Å². The molecule has 3 heteroatoms. The van der Waals surface area contributed by atoms with Crippen LogP contribution in [0.15, 0.2) is 24.0 Å². The summed E-state index contributed by atoms with van der Waals surface area (Å²) >= 11 is 0. The van der Waals surface area contributed by atoms with Gasteiger partial charge in [0.15, 0.2) is 0 Å². The van der Waals surface area contributed by atoms with E-state index in [1.54, 1.807) is 0 Å². The first kappa shape index (κ1) is 7.55. The van der Waals surface area contributed by atoms with E-state index in [0.29, 0.717) is 0 Å². The minimum atomic E-state index is 1.02. The molecule has 0 aromatic carbocycles. The maximum absolute atomic E-state index is 4.11. The highest BCUT2D eigenvalue weighted by molar-refractivity contribution is 5.18. The Morgan fingerprint density at radius 2 is 2.50 bits per heavy atom. The molecular formula is C9H13N3. The van der Waals surface area contributed by atoms with E-state index in [2.05, 4.69) is 22.7 Å². The fourth-order valence-corrected chi connectivity index (χ4v) is 1.25. The Morgan fingerprint density at radius 1 is 1.67 bits per heavy atom. The van der Waals surface area contributed by atoms with E-state index >= 15 is 0 Å². The van der Waals surface area contributed by atoms with E-state index in [1.807, 2.05) is 17.9 Å². The van der Waals surface area contributed by atoms with E-state index in [0.717, 1.165) is 19.5 Å². The topological polar surface area (TPSA) is 29.9 Å². The third-order valence-electron chi connectivity index (χ3n) is 2.09. The molecule has 2 heterocycles. The van der Waals surface area contributed by atoms with Crippen LogP contribution in [0.2, 0.25) is 0 Å². The van der Waals surface area contributed by atoms with Gasteiger partial charge in [-0.2, -0.15) is 5.10 Å². The third kappa shape index (κ3) is 1.56. The highest BCUT2D eigenvalue weighted by Gasteiger charge is 2.05. The summed E-state index contributed by atoms with van der Waals surface area (Å²) in [4.78, 5) is 0. The summed E-state index contributed by atoms with van der Waals surface area (Å²) < 4.78 is 1.84. The molecule has 0 spiro atoms. The second-order valence-electron chi connectivity index (χ2n) is 3.19. The molecule has 1 fully saturated rings. The fourth-order valence-electron chi connectivity index (χ4n) is 1.25. The summed E-state index contributed by atoms with van der Waals surface area (Å²) in [6, 6.07) is 0. The summed E-state index contributed by atoms with van der Waals surface area (Å²) in [6.45, 7) is 2.14. The molecule has 0 saturated carbocycles. The highest BCUT2D eigenvalue weighted by atomic mass is 15.2. The molecular weight excluding hydrogens is 150 g/mol. The summed E-state index contributed by atoms with van der Waals surface area (Å²) in [5, 5.41) is 7.32. The Morgan fingerprint density at radius 3 is 3.00 bits per heavy atom. The van der Waals surface area contributed by atoms with Gasteiger partial charge in [-0.25, -0.2) is 0 Å². The fraction of sp³-hybridized carbons (Fsp3) is 0.444. The van der Waals surface area contributed by atoms with Crippen LogP contribution < -0.4 is 5.32 Å². The average Bonchev–Trinajstić information content (AvgIpc) is 2.32. The molecule has 1 aliphatic heterocycles. The van der Waals surface area contributed by atoms with E-state index in [1.165, 1.54) is 11.1 Å². The van der Waals surface area contributed by atoms with Crippen LogP contribution in [0.3, 0.4) is 0 Å². The van der Waals surface area contributed by atoms with Crippen molar-refractivity contribution in [3.63, 3.8) is 0 Å². The quantitative estimate of drug-likeness (QED) is 0.643. The summed E-state index contributed by atoms with van der Waals surface area (Å²) in [6.07, 6.45) is 7.28. The zero-order valence-electron chi connectivity index (χ0n) is 7.25. The molecule has 3 nitrogen and oxygen atoms in total. The minimum Gasteiger partial charge on any atom is -0.309 e. The molecule has 1 aromatic heterocycles. The first-order valence-corrected chi connectivity index (χ1v) is 4.21. The van der Waals surface area contributed by atoms with Crippen molar-refractivity contribution in [3.05, 3.63) is 29.6 Å². The third-order valence-corrected chi connectivity index (χ3v) is 2.09. The van der Waals surface area contributed by atoms with Crippen molar-refractivity contribution in [3.8, 4) is 0 Å². The van der Waals surface area contributed by atoms with Gasteiger partial charge in [-0.1, -0.05) is 6.08 Å². The van der Waals surface area contributed by atoms with E-state index in [9.17, 15) is 0 Å². The van der Waals surface area contributed by atoms with Gasteiger partial charge in [-0.15, -0.1) is 0 Å². The molecule has 64 valence electrons. The smallest absolute Gasteiger partial charge is 0.0524 e. The van der Waals surface area contributed by atoms with Crippen LogP contribution in [-0.4, -0.2) is 22.9 Å². The van der Waals surface area contributed by atoms with Crippen LogP contribution in [0.1, 0.15) is 5.56 Å². The van der Waals surface area contributed by atoms with Crippen molar-refractivity contribution in [2.45, 2.75) is 6.42 Å². The number of hydrogen-bond acceptors (Lipinski definition) is 2. The molecule has 0 bridgehead atoms. The predicted octanol–water partition coefficient (Wildman–Crippen LogP) is 0.492. The van der Waals surface area contributed by atoms with Gasteiger partial charge in [0.25, 0.3) is 0 Å². The molecule has 1 saturated heterocycles. The second kappa shape index (κ2) is 3.11. The molecule has 0 aliphatic carbocycles. The Labute approximate surface area is 72.1 Å². The van der Waals surface area contributed by atoms with E-state index in [-0.39, 0.29) is 0 Å². The Bertz CT molecular complexity index is 292. The molecule has 0 unspecified atom stereocenters. The van der Waals surface area contributed by atoms with Gasteiger partial charge in [-0.05, 0) is 17.6 Å². The van der Waals surface area contributed by atoms with Gasteiger partial charge in [0.1, 0.15) is 0 Å². The maximum atomic E-state index is 4.11. The van der Waals surface area contributed by atoms with E-state index in [4.69, 9.17) is 0 Å². The molecule has 2 rings (SSSR count). The predicted molar refractivity (Wildman–Crippen MR) is 47.9 cm³/mol. The Kier molecular flexibility index (Phi) is 1.96. The van der Waals surface area contributed by atoms with Gasteiger partial charge in [0, 0.05) is 26.3 Å². The lowest BCUT2D eigenvalue weighted by Gasteiger charge is -2.18. The summed E-state index contributed by atoms with van der Waals surface area (Å²) in [5.74, 6) is 0. The zero-order chi connectivity index (χ0) is 8.39. The molecule has 1 N–H and O–H groups in total. The summed E-state index contributed by atoms with van der Waals surface area (Å²) in [7, 11) is 1.95. The van der Waals surface area contributed by atoms with Crippen LogP contribution in [0, 0.1) is 0 Å². The monoisotopic (exact) mass is 163 g/mol. The minimum absolute atomic E-state index is 1.02. The molecule has 0 radical (unpaired) electrons. The Balaban J connectivity index is 1.95. The molecule has 1 aliphatic rings. The normalized spacial score (nSPS) is 15.9. The lowest BCUT2D eigenvalue weighted by atomic mass is 10.1. The van der Waals surface area contributed by atoms with Crippen LogP contribution >= 0.6 is 0 Å². The number of hydrogen-bond donors (Lipinski definition) is 1. The van der Waals surface area contributed by atoms with Crippen molar-refractivity contribution >= 4 is 0 Å². The number of nitrogens with zero attached hydrogens (tertiary/aromatic N) is 2. The Hall–Kier alpha value is -1.09. The van der Waals surface area contributed by atoms with Crippen LogP contribution in [0.4, 0.5) is 0 Å². The SMILES string of the molecule is Cn1cc(CC=C2CNC2)cn1. The standard InChI is InChI=1S/C9H13N3/c1-12-7-9(6-11-12)3-2-8-4-10-5-8/h2,6-7,10H,3-5H2,1H3. The summed E-state index contributed by atoms with van der Waals surface area (Å²) in [5.41, 5.74) is 2.80. The lowest BCUT2D eigenvalue weighted by Crippen LogP contribution is -2.33. The number of aromatic nitrogens is 2. The largest absolute Gasteiger partial charge is 0.309 e. The first-order valence-electron chi connectivity index (χ1n) is 4.21. The average molecular weight is 163 g/mol. The van der Waals surface area contributed by atoms with Crippen molar-refractivity contribution in [2.24, 2.45) is 7.05 Å². The highest BCUT2D eigenvalue weighted by Crippen LogP contribution is 2.04. The number of aryl methyl sites for hydroxylation is 1. The van der Waals surface area contributed by atoms with Crippen LogP contribution in [0.25, 0.3) is 0 Å². The van der Waals surface area contributed by atoms with Crippen molar-refractivity contribution in [1.29, 1.82) is 0 Å². The van der Waals surface area contributed by atoms with Crippen molar-refractivity contribution in [1.82, 2.24) is 15.1 Å². The first-order chi connectivity index (χ1) is 5.84. The second-order valence-corrected chi connectivity index (χ2v) is 3.19. The molecule has 1 aromatic rings. The zero-order valence-corrected chi connectivity index (χ0v) is 7.25. The van der Waals surface area contributed by atoms with Crippen LogP contribution in [-0.2, 0) is 13.5 Å². The van der Waals surface area contributed by atoms with E-state index < -0.39 is 0 Å². The lowest BCUT2D eigenvalue weighted by molar-refractivity contribution is 0.664. The van der Waals surface area contributed by atoms with Gasteiger partial charge in [0.05, 0.1) is 6.20 Å². The van der Waals surface area contributed by atoms with Gasteiger partial charge < -0.3 is 5.32 Å². The number of rotatable bonds is 2.